The molecule has 118 valence electrons. The molecule has 0 bridgehead atoms. The van der Waals surface area contributed by atoms with Crippen molar-refractivity contribution in [2.75, 3.05) is 6.61 Å². The van der Waals surface area contributed by atoms with Crippen LogP contribution in [0, 0.1) is 0 Å². The third-order valence-electron chi connectivity index (χ3n) is 3.86. The highest BCUT2D eigenvalue weighted by molar-refractivity contribution is 9.10. The Morgan fingerprint density at radius 1 is 1.14 bits per heavy atom. The van der Waals surface area contributed by atoms with Crippen LogP contribution in [0.2, 0.25) is 0 Å². The van der Waals surface area contributed by atoms with Gasteiger partial charge in [0.05, 0.1) is 11.1 Å². The molecule has 1 saturated carbocycles. The van der Waals surface area contributed by atoms with Crippen molar-refractivity contribution in [3.8, 4) is 5.75 Å². The summed E-state index contributed by atoms with van der Waals surface area (Å²) in [6, 6.07) is 3.92. The fourth-order valence-corrected chi connectivity index (χ4v) is 3.01. The number of halogens is 4. The van der Waals surface area contributed by atoms with Gasteiger partial charge < -0.3 is 10.5 Å². The molecule has 2 nitrogen and oxygen atoms in total. The average Bonchev–Trinajstić information content (AvgIpc) is 2.62. The summed E-state index contributed by atoms with van der Waals surface area (Å²) in [5, 5.41) is 0. The first-order valence-corrected chi connectivity index (χ1v) is 7.88. The lowest BCUT2D eigenvalue weighted by atomic mass is 9.92. The van der Waals surface area contributed by atoms with E-state index < -0.39 is 17.3 Å². The van der Waals surface area contributed by atoms with E-state index in [0.29, 0.717) is 4.47 Å². The number of rotatable bonds is 3. The average molecular weight is 366 g/mol. The van der Waals surface area contributed by atoms with E-state index in [1.807, 2.05) is 0 Å². The van der Waals surface area contributed by atoms with Crippen LogP contribution in [-0.4, -0.2) is 12.1 Å². The van der Waals surface area contributed by atoms with Gasteiger partial charge in [-0.25, -0.2) is 0 Å². The van der Waals surface area contributed by atoms with Crippen LogP contribution in [0.3, 0.4) is 0 Å². The van der Waals surface area contributed by atoms with Gasteiger partial charge in [0.2, 0.25) is 0 Å². The van der Waals surface area contributed by atoms with Gasteiger partial charge in [-0.05, 0) is 31.0 Å². The molecular formula is C15H19BrF3NO. The number of benzene rings is 1. The molecule has 1 aliphatic carbocycles. The number of nitrogens with two attached hydrogens (primary N) is 1. The van der Waals surface area contributed by atoms with Crippen LogP contribution >= 0.6 is 15.9 Å². The topological polar surface area (TPSA) is 35.2 Å². The van der Waals surface area contributed by atoms with Gasteiger partial charge in [-0.2, -0.15) is 13.2 Å². The largest absolute Gasteiger partial charge is 0.491 e. The van der Waals surface area contributed by atoms with E-state index in [4.69, 9.17) is 10.5 Å². The van der Waals surface area contributed by atoms with Crippen LogP contribution in [0.1, 0.15) is 44.1 Å². The van der Waals surface area contributed by atoms with Crippen molar-refractivity contribution in [1.29, 1.82) is 0 Å². The predicted molar refractivity (Wildman–Crippen MR) is 79.3 cm³/mol. The highest BCUT2D eigenvalue weighted by Crippen LogP contribution is 2.38. The Kier molecular flexibility index (Phi) is 5.20. The fourth-order valence-electron chi connectivity index (χ4n) is 2.65. The summed E-state index contributed by atoms with van der Waals surface area (Å²) in [5.41, 5.74) is 4.99. The molecule has 2 N–H and O–H groups in total. The van der Waals surface area contributed by atoms with Gasteiger partial charge in [0.25, 0.3) is 0 Å². The Morgan fingerprint density at radius 3 is 2.33 bits per heavy atom. The second-order valence-electron chi connectivity index (χ2n) is 5.70. The van der Waals surface area contributed by atoms with E-state index in [2.05, 4.69) is 15.9 Å². The van der Waals surface area contributed by atoms with Crippen LogP contribution in [0.5, 0.6) is 5.75 Å². The van der Waals surface area contributed by atoms with Crippen molar-refractivity contribution < 1.29 is 17.9 Å². The summed E-state index contributed by atoms with van der Waals surface area (Å²) in [4.78, 5) is 0. The van der Waals surface area contributed by atoms with Gasteiger partial charge >= 0.3 is 6.18 Å². The van der Waals surface area contributed by atoms with E-state index in [-0.39, 0.29) is 12.4 Å². The number of ether oxygens (including phenoxy) is 1. The van der Waals surface area contributed by atoms with Gasteiger partial charge in [0.15, 0.2) is 0 Å². The number of alkyl halides is 3. The zero-order valence-corrected chi connectivity index (χ0v) is 13.3. The maximum Gasteiger partial charge on any atom is 0.420 e. The van der Waals surface area contributed by atoms with Crippen LogP contribution < -0.4 is 10.5 Å². The molecule has 6 heteroatoms. The van der Waals surface area contributed by atoms with E-state index in [1.165, 1.54) is 6.07 Å². The Bertz CT molecular complexity index is 482. The molecule has 1 fully saturated rings. The molecule has 1 aromatic rings. The van der Waals surface area contributed by atoms with Gasteiger partial charge in [-0.15, -0.1) is 0 Å². The monoisotopic (exact) mass is 365 g/mol. The minimum atomic E-state index is -4.44. The molecule has 0 atom stereocenters. The van der Waals surface area contributed by atoms with Gasteiger partial charge in [-0.1, -0.05) is 41.6 Å². The van der Waals surface area contributed by atoms with Crippen LogP contribution in [0.25, 0.3) is 0 Å². The first-order chi connectivity index (χ1) is 9.80. The van der Waals surface area contributed by atoms with Crippen LogP contribution in [0.4, 0.5) is 13.2 Å². The van der Waals surface area contributed by atoms with Gasteiger partial charge in [-0.3, -0.25) is 0 Å². The first-order valence-electron chi connectivity index (χ1n) is 7.09. The Labute approximate surface area is 131 Å². The molecule has 0 aromatic heterocycles. The van der Waals surface area contributed by atoms with E-state index >= 15 is 0 Å². The van der Waals surface area contributed by atoms with Crippen molar-refractivity contribution in [1.82, 2.24) is 0 Å². The van der Waals surface area contributed by atoms with E-state index in [1.54, 1.807) is 6.07 Å². The lowest BCUT2D eigenvalue weighted by Crippen LogP contribution is -2.45. The molecule has 0 heterocycles. The quantitative estimate of drug-likeness (QED) is 0.773. The Hall–Kier alpha value is -0.750. The lowest BCUT2D eigenvalue weighted by Gasteiger charge is -2.28. The summed E-state index contributed by atoms with van der Waals surface area (Å²) in [5.74, 6) is -0.153. The SMILES string of the molecule is NC1(COc2ccc(Br)cc2C(F)(F)F)CCCCCC1. The molecular weight excluding hydrogens is 347 g/mol. The molecule has 0 aliphatic heterocycles. The van der Waals surface area contributed by atoms with Crippen molar-refractivity contribution >= 4 is 15.9 Å². The highest BCUT2D eigenvalue weighted by atomic mass is 79.9. The summed E-state index contributed by atoms with van der Waals surface area (Å²) in [7, 11) is 0. The third-order valence-corrected chi connectivity index (χ3v) is 4.35. The molecule has 2 rings (SSSR count). The van der Waals surface area contributed by atoms with Crippen LogP contribution in [-0.2, 0) is 6.18 Å². The highest BCUT2D eigenvalue weighted by Gasteiger charge is 2.35. The predicted octanol–water partition coefficient (Wildman–Crippen LogP) is 4.90. The molecule has 0 radical (unpaired) electrons. The summed E-state index contributed by atoms with van der Waals surface area (Å²) in [6.45, 7) is 0.123. The molecule has 1 aliphatic rings. The van der Waals surface area contributed by atoms with E-state index in [0.717, 1.165) is 44.6 Å². The number of hydrogen-bond acceptors (Lipinski definition) is 2. The van der Waals surface area contributed by atoms with Crippen molar-refractivity contribution in [3.63, 3.8) is 0 Å². The van der Waals surface area contributed by atoms with Gasteiger partial charge in [0, 0.05) is 4.47 Å². The minimum absolute atomic E-state index is 0.123. The first kappa shape index (κ1) is 16.6. The maximum absolute atomic E-state index is 13.0. The molecule has 1 aromatic carbocycles. The molecule has 0 saturated heterocycles. The maximum atomic E-state index is 13.0. The normalized spacial score (nSPS) is 19.1. The summed E-state index contributed by atoms with van der Waals surface area (Å²) >= 11 is 3.06. The standard InChI is InChI=1S/C15H19BrF3NO/c16-11-5-6-13(12(9-11)15(17,18)19)21-10-14(20)7-3-1-2-4-8-14/h5-6,9H,1-4,7-8,10,20H2. The second-order valence-corrected chi connectivity index (χ2v) is 6.62. The summed E-state index contributed by atoms with van der Waals surface area (Å²) < 4.78 is 44.9. The van der Waals surface area contributed by atoms with Crippen molar-refractivity contribution in [2.24, 2.45) is 5.73 Å². The second kappa shape index (κ2) is 6.57. The molecule has 0 spiro atoms. The van der Waals surface area contributed by atoms with Crippen molar-refractivity contribution in [2.45, 2.75) is 50.2 Å². The Balaban J connectivity index is 2.12. The zero-order chi connectivity index (χ0) is 15.5. The summed E-state index contributed by atoms with van der Waals surface area (Å²) in [6.07, 6.45) is 1.43. The smallest absolute Gasteiger partial charge is 0.420 e. The minimum Gasteiger partial charge on any atom is -0.491 e. The lowest BCUT2D eigenvalue weighted by molar-refractivity contribution is -0.139. The van der Waals surface area contributed by atoms with E-state index in [9.17, 15) is 13.2 Å². The molecule has 21 heavy (non-hydrogen) atoms. The molecule has 0 unspecified atom stereocenters. The molecule has 0 amide bonds. The number of hydrogen-bond donors (Lipinski definition) is 1. The Morgan fingerprint density at radius 2 is 1.76 bits per heavy atom. The van der Waals surface area contributed by atoms with Crippen molar-refractivity contribution in [3.05, 3.63) is 28.2 Å². The zero-order valence-electron chi connectivity index (χ0n) is 11.7. The van der Waals surface area contributed by atoms with Gasteiger partial charge in [0.1, 0.15) is 12.4 Å². The van der Waals surface area contributed by atoms with Crippen LogP contribution in [0.15, 0.2) is 22.7 Å². The third kappa shape index (κ3) is 4.61. The fraction of sp³-hybridized carbons (Fsp3) is 0.600.